The van der Waals surface area contributed by atoms with Crippen LogP contribution in [-0.2, 0) is 4.79 Å². The molecule has 1 aromatic heterocycles. The number of aliphatic hydroxyl groups is 1. The van der Waals surface area contributed by atoms with Crippen LogP contribution in [0.2, 0.25) is 0 Å². The molecule has 6 rings (SSSR count). The fourth-order valence-electron chi connectivity index (χ4n) is 4.74. The number of rotatable bonds is 6. The molecule has 0 spiro atoms. The van der Waals surface area contributed by atoms with Crippen molar-refractivity contribution in [1.82, 2.24) is 9.78 Å². The molecule has 0 bridgehead atoms. The molecule has 2 aliphatic rings. The summed E-state index contributed by atoms with van der Waals surface area (Å²) in [5, 5.41) is 21.1. The quantitative estimate of drug-likeness (QED) is 0.363. The van der Waals surface area contributed by atoms with Crippen molar-refractivity contribution in [3.63, 3.8) is 0 Å². The SMILES string of the molecule is O=C(Nc1ccc2c(cnn2-c2ccc(NC(=O)C3CC3)cc2)c1)c1ccc(N2CCC(O)CC2)cc1. The molecule has 8 heteroatoms. The third kappa shape index (κ3) is 5.06. The number of anilines is 3. The number of hydrogen-bond donors (Lipinski definition) is 3. The lowest BCUT2D eigenvalue weighted by molar-refractivity contribution is -0.117. The van der Waals surface area contributed by atoms with Crippen molar-refractivity contribution in [3.8, 4) is 5.69 Å². The Bertz CT molecular complexity index is 1430. The molecule has 1 aliphatic carbocycles. The highest BCUT2D eigenvalue weighted by Gasteiger charge is 2.29. The number of benzene rings is 3. The predicted octanol–water partition coefficient (Wildman–Crippen LogP) is 4.59. The van der Waals surface area contributed by atoms with E-state index >= 15 is 0 Å². The fourth-order valence-corrected chi connectivity index (χ4v) is 4.74. The molecule has 0 atom stereocenters. The largest absolute Gasteiger partial charge is 0.393 e. The summed E-state index contributed by atoms with van der Waals surface area (Å²) in [5.41, 5.74) is 4.94. The molecule has 37 heavy (non-hydrogen) atoms. The Morgan fingerprint density at radius 3 is 2.19 bits per heavy atom. The summed E-state index contributed by atoms with van der Waals surface area (Å²) in [6.07, 6.45) is 5.05. The molecular formula is C29H29N5O3. The van der Waals surface area contributed by atoms with Crippen LogP contribution in [0.15, 0.2) is 72.9 Å². The highest BCUT2D eigenvalue weighted by molar-refractivity contribution is 6.05. The first kappa shape index (κ1) is 23.2. The zero-order valence-electron chi connectivity index (χ0n) is 20.4. The molecule has 0 unspecified atom stereocenters. The summed E-state index contributed by atoms with van der Waals surface area (Å²) in [7, 11) is 0. The minimum atomic E-state index is -0.211. The normalized spacial score (nSPS) is 16.1. The minimum absolute atomic E-state index is 0.0885. The summed E-state index contributed by atoms with van der Waals surface area (Å²) in [4.78, 5) is 27.1. The maximum Gasteiger partial charge on any atom is 0.255 e. The monoisotopic (exact) mass is 495 g/mol. The maximum absolute atomic E-state index is 12.9. The second kappa shape index (κ2) is 9.71. The molecule has 0 radical (unpaired) electrons. The molecule has 188 valence electrons. The van der Waals surface area contributed by atoms with Crippen molar-refractivity contribution in [2.75, 3.05) is 28.6 Å². The summed E-state index contributed by atoms with van der Waals surface area (Å²) in [6.45, 7) is 1.64. The molecule has 2 heterocycles. The first-order chi connectivity index (χ1) is 18.0. The van der Waals surface area contributed by atoms with Gasteiger partial charge in [-0.15, -0.1) is 0 Å². The lowest BCUT2D eigenvalue weighted by Crippen LogP contribution is -2.35. The minimum Gasteiger partial charge on any atom is -0.393 e. The van der Waals surface area contributed by atoms with Crippen LogP contribution in [-0.4, -0.2) is 45.9 Å². The van der Waals surface area contributed by atoms with Crippen LogP contribution in [0.1, 0.15) is 36.0 Å². The Kier molecular flexibility index (Phi) is 6.10. The number of aromatic nitrogens is 2. The number of carbonyl (C=O) groups excluding carboxylic acids is 2. The Morgan fingerprint density at radius 1 is 0.811 bits per heavy atom. The van der Waals surface area contributed by atoms with E-state index in [-0.39, 0.29) is 23.8 Å². The molecule has 1 aliphatic heterocycles. The van der Waals surface area contributed by atoms with Gasteiger partial charge >= 0.3 is 0 Å². The van der Waals surface area contributed by atoms with E-state index in [0.717, 1.165) is 66.7 Å². The number of piperidine rings is 1. The van der Waals surface area contributed by atoms with Crippen LogP contribution in [0.25, 0.3) is 16.6 Å². The first-order valence-electron chi connectivity index (χ1n) is 12.8. The van der Waals surface area contributed by atoms with E-state index in [2.05, 4.69) is 20.6 Å². The van der Waals surface area contributed by atoms with Gasteiger partial charge in [0.05, 0.1) is 23.5 Å². The van der Waals surface area contributed by atoms with Crippen LogP contribution in [0.3, 0.4) is 0 Å². The maximum atomic E-state index is 12.9. The van der Waals surface area contributed by atoms with Crippen molar-refractivity contribution in [2.24, 2.45) is 5.92 Å². The molecule has 1 saturated heterocycles. The van der Waals surface area contributed by atoms with E-state index in [4.69, 9.17) is 0 Å². The van der Waals surface area contributed by atoms with Gasteiger partial charge in [-0.1, -0.05) is 0 Å². The number of amides is 2. The van der Waals surface area contributed by atoms with Crippen LogP contribution >= 0.6 is 0 Å². The number of nitrogens with one attached hydrogen (secondary N) is 2. The topological polar surface area (TPSA) is 99.5 Å². The van der Waals surface area contributed by atoms with Crippen LogP contribution < -0.4 is 15.5 Å². The smallest absolute Gasteiger partial charge is 0.255 e. The second-order valence-corrected chi connectivity index (χ2v) is 9.86. The molecule has 3 aromatic carbocycles. The zero-order chi connectivity index (χ0) is 25.4. The van der Waals surface area contributed by atoms with E-state index in [1.807, 2.05) is 71.4 Å². The van der Waals surface area contributed by atoms with Gasteiger partial charge in [0.2, 0.25) is 5.91 Å². The summed E-state index contributed by atoms with van der Waals surface area (Å²) in [5.74, 6) is 0.0842. The van der Waals surface area contributed by atoms with Gasteiger partial charge in [0.1, 0.15) is 0 Å². The molecule has 3 N–H and O–H groups in total. The number of hydrogen-bond acceptors (Lipinski definition) is 5. The predicted molar refractivity (Wildman–Crippen MR) is 144 cm³/mol. The average molecular weight is 496 g/mol. The third-order valence-electron chi connectivity index (χ3n) is 7.11. The van der Waals surface area contributed by atoms with E-state index in [9.17, 15) is 14.7 Å². The van der Waals surface area contributed by atoms with E-state index in [1.54, 1.807) is 6.20 Å². The van der Waals surface area contributed by atoms with E-state index < -0.39 is 0 Å². The highest BCUT2D eigenvalue weighted by Crippen LogP contribution is 2.30. The third-order valence-corrected chi connectivity index (χ3v) is 7.11. The molecule has 2 fully saturated rings. The number of nitrogens with zero attached hydrogens (tertiary/aromatic N) is 3. The Hall–Kier alpha value is -4.17. The van der Waals surface area contributed by atoms with Gasteiger partial charge in [-0.05, 0) is 92.4 Å². The van der Waals surface area contributed by atoms with Gasteiger partial charge in [0.25, 0.3) is 5.91 Å². The van der Waals surface area contributed by atoms with Gasteiger partial charge in [-0.25, -0.2) is 4.68 Å². The van der Waals surface area contributed by atoms with Crippen molar-refractivity contribution in [3.05, 3.63) is 78.5 Å². The van der Waals surface area contributed by atoms with E-state index in [0.29, 0.717) is 11.3 Å². The van der Waals surface area contributed by atoms with Gasteiger partial charge < -0.3 is 20.6 Å². The number of carbonyl (C=O) groups is 2. The van der Waals surface area contributed by atoms with Crippen molar-refractivity contribution >= 4 is 39.8 Å². The lowest BCUT2D eigenvalue weighted by Gasteiger charge is -2.31. The van der Waals surface area contributed by atoms with Gasteiger partial charge in [0.15, 0.2) is 0 Å². The fraction of sp³-hybridized carbons (Fsp3) is 0.276. The molecule has 1 saturated carbocycles. The summed E-state index contributed by atoms with van der Waals surface area (Å²) in [6, 6.07) is 21.0. The Morgan fingerprint density at radius 2 is 1.49 bits per heavy atom. The number of fused-ring (bicyclic) bond motifs is 1. The zero-order valence-corrected chi connectivity index (χ0v) is 20.4. The van der Waals surface area contributed by atoms with E-state index in [1.165, 1.54) is 0 Å². The molecule has 8 nitrogen and oxygen atoms in total. The number of aliphatic hydroxyl groups excluding tert-OH is 1. The van der Waals surface area contributed by atoms with Crippen LogP contribution in [0.4, 0.5) is 17.1 Å². The van der Waals surface area contributed by atoms with Crippen molar-refractivity contribution in [2.45, 2.75) is 31.8 Å². The van der Waals surface area contributed by atoms with Crippen LogP contribution in [0.5, 0.6) is 0 Å². The Labute approximate surface area is 214 Å². The second-order valence-electron chi connectivity index (χ2n) is 9.86. The molecular weight excluding hydrogens is 466 g/mol. The van der Waals surface area contributed by atoms with Gasteiger partial charge in [-0.3, -0.25) is 9.59 Å². The van der Waals surface area contributed by atoms with Crippen molar-refractivity contribution < 1.29 is 14.7 Å². The van der Waals surface area contributed by atoms with Gasteiger partial charge in [0, 0.05) is 47.0 Å². The summed E-state index contributed by atoms with van der Waals surface area (Å²) >= 11 is 0. The lowest BCUT2D eigenvalue weighted by atomic mass is 10.1. The van der Waals surface area contributed by atoms with Gasteiger partial charge in [-0.2, -0.15) is 5.10 Å². The first-order valence-corrected chi connectivity index (χ1v) is 12.8. The highest BCUT2D eigenvalue weighted by atomic mass is 16.3. The van der Waals surface area contributed by atoms with Crippen molar-refractivity contribution in [1.29, 1.82) is 0 Å². The molecule has 4 aromatic rings. The summed E-state index contributed by atoms with van der Waals surface area (Å²) < 4.78 is 1.84. The average Bonchev–Trinajstić information content (AvgIpc) is 3.70. The molecule has 2 amide bonds. The van der Waals surface area contributed by atoms with Crippen LogP contribution in [0, 0.1) is 5.92 Å². The standard InChI is InChI=1S/C29H29N5O3/c35-26-13-15-33(16-14-26)24-8-3-20(4-9-24)29(37)32-23-7-12-27-21(17-23)18-30-34(27)25-10-5-22(6-11-25)31-28(36)19-1-2-19/h3-12,17-19,26,35H,1-2,13-16H2,(H,31,36)(H,32,37). The Balaban J connectivity index is 1.12.